The van der Waals surface area contributed by atoms with Gasteiger partial charge in [-0.3, -0.25) is 4.79 Å². The SMILES string of the molecule is O=C(NCCCNc1nc(Nc2cccc(F)c2)ncc1Br)C1CCC1. The molecule has 1 aromatic carbocycles. The van der Waals surface area contributed by atoms with Crippen LogP contribution in [-0.2, 0) is 4.79 Å². The fourth-order valence-electron chi connectivity index (χ4n) is 2.57. The molecule has 0 spiro atoms. The van der Waals surface area contributed by atoms with E-state index >= 15 is 0 Å². The lowest BCUT2D eigenvalue weighted by Gasteiger charge is -2.24. The van der Waals surface area contributed by atoms with E-state index in [4.69, 9.17) is 0 Å². The summed E-state index contributed by atoms with van der Waals surface area (Å²) in [5.41, 5.74) is 0.581. The molecule has 3 N–H and O–H groups in total. The highest BCUT2D eigenvalue weighted by atomic mass is 79.9. The van der Waals surface area contributed by atoms with Gasteiger partial charge in [-0.25, -0.2) is 9.37 Å². The van der Waals surface area contributed by atoms with Gasteiger partial charge < -0.3 is 16.0 Å². The van der Waals surface area contributed by atoms with Gasteiger partial charge in [0, 0.05) is 30.9 Å². The maximum absolute atomic E-state index is 13.3. The molecule has 3 rings (SSSR count). The summed E-state index contributed by atoms with van der Waals surface area (Å²) in [6.07, 6.45) is 5.61. The molecule has 0 unspecified atom stereocenters. The van der Waals surface area contributed by atoms with Crippen molar-refractivity contribution in [1.29, 1.82) is 0 Å². The van der Waals surface area contributed by atoms with Crippen molar-refractivity contribution in [3.05, 3.63) is 40.8 Å². The Balaban J connectivity index is 1.47. The van der Waals surface area contributed by atoms with E-state index in [9.17, 15) is 9.18 Å². The second-order valence-corrected chi connectivity index (χ2v) is 7.08. The normalized spacial score (nSPS) is 13.8. The number of carbonyl (C=O) groups is 1. The number of aromatic nitrogens is 2. The lowest BCUT2D eigenvalue weighted by Crippen LogP contribution is -2.35. The second-order valence-electron chi connectivity index (χ2n) is 6.22. The van der Waals surface area contributed by atoms with Crippen LogP contribution in [0.4, 0.5) is 21.8 Å². The van der Waals surface area contributed by atoms with Crippen molar-refractivity contribution in [2.24, 2.45) is 5.92 Å². The molecule has 1 aliphatic carbocycles. The summed E-state index contributed by atoms with van der Waals surface area (Å²) in [5.74, 6) is 1.08. The summed E-state index contributed by atoms with van der Waals surface area (Å²) >= 11 is 3.41. The Morgan fingerprint density at radius 2 is 2.15 bits per heavy atom. The molecule has 1 aromatic heterocycles. The number of rotatable bonds is 8. The summed E-state index contributed by atoms with van der Waals surface area (Å²) in [6, 6.07) is 6.12. The zero-order valence-corrected chi connectivity index (χ0v) is 15.9. The molecule has 0 saturated heterocycles. The van der Waals surface area contributed by atoms with E-state index in [1.54, 1.807) is 18.3 Å². The van der Waals surface area contributed by atoms with Crippen molar-refractivity contribution in [3.63, 3.8) is 0 Å². The van der Waals surface area contributed by atoms with Crippen LogP contribution < -0.4 is 16.0 Å². The van der Waals surface area contributed by atoms with Gasteiger partial charge in [0.05, 0.1) is 4.47 Å². The molecule has 26 heavy (non-hydrogen) atoms. The van der Waals surface area contributed by atoms with Crippen LogP contribution in [0.1, 0.15) is 25.7 Å². The number of nitrogens with zero attached hydrogens (tertiary/aromatic N) is 2. The van der Waals surface area contributed by atoms with E-state index in [1.807, 2.05) is 0 Å². The molecule has 1 fully saturated rings. The first kappa shape index (κ1) is 18.6. The smallest absolute Gasteiger partial charge is 0.229 e. The van der Waals surface area contributed by atoms with Gasteiger partial charge in [0.15, 0.2) is 0 Å². The Kier molecular flexibility index (Phi) is 6.38. The number of hydrogen-bond acceptors (Lipinski definition) is 5. The van der Waals surface area contributed by atoms with Gasteiger partial charge >= 0.3 is 0 Å². The molecule has 1 heterocycles. The van der Waals surface area contributed by atoms with Gasteiger partial charge in [0.1, 0.15) is 11.6 Å². The van der Waals surface area contributed by atoms with E-state index in [0.717, 1.165) is 30.2 Å². The summed E-state index contributed by atoms with van der Waals surface area (Å²) in [7, 11) is 0. The molecule has 1 amide bonds. The topological polar surface area (TPSA) is 78.9 Å². The quantitative estimate of drug-likeness (QED) is 0.564. The fourth-order valence-corrected chi connectivity index (χ4v) is 2.90. The maximum atomic E-state index is 13.3. The minimum absolute atomic E-state index is 0.168. The Labute approximate surface area is 160 Å². The van der Waals surface area contributed by atoms with Gasteiger partial charge in [-0.1, -0.05) is 12.5 Å². The van der Waals surface area contributed by atoms with E-state index in [2.05, 4.69) is 41.8 Å². The highest BCUT2D eigenvalue weighted by molar-refractivity contribution is 9.10. The van der Waals surface area contributed by atoms with Crippen LogP contribution in [0.25, 0.3) is 0 Å². The van der Waals surface area contributed by atoms with Crippen molar-refractivity contribution >= 4 is 39.3 Å². The van der Waals surface area contributed by atoms with Gasteiger partial charge in [0.2, 0.25) is 11.9 Å². The molecule has 8 heteroatoms. The van der Waals surface area contributed by atoms with Crippen LogP contribution >= 0.6 is 15.9 Å². The largest absolute Gasteiger partial charge is 0.369 e. The number of carbonyl (C=O) groups excluding carboxylic acids is 1. The van der Waals surface area contributed by atoms with Gasteiger partial charge in [-0.05, 0) is 53.4 Å². The van der Waals surface area contributed by atoms with Gasteiger partial charge in [-0.2, -0.15) is 4.98 Å². The van der Waals surface area contributed by atoms with E-state index in [-0.39, 0.29) is 17.6 Å². The van der Waals surface area contributed by atoms with Crippen LogP contribution in [0, 0.1) is 11.7 Å². The molecule has 6 nitrogen and oxygen atoms in total. The Morgan fingerprint density at radius 3 is 2.88 bits per heavy atom. The Hall–Kier alpha value is -2.22. The first-order valence-corrected chi connectivity index (χ1v) is 9.48. The van der Waals surface area contributed by atoms with Crippen molar-refractivity contribution in [3.8, 4) is 0 Å². The third-order valence-electron chi connectivity index (χ3n) is 4.25. The third kappa shape index (κ3) is 5.14. The number of anilines is 3. The molecule has 0 radical (unpaired) electrons. The highest BCUT2D eigenvalue weighted by Gasteiger charge is 2.24. The molecule has 0 bridgehead atoms. The Morgan fingerprint density at radius 1 is 1.31 bits per heavy atom. The van der Waals surface area contributed by atoms with Crippen LogP contribution in [0.15, 0.2) is 34.9 Å². The van der Waals surface area contributed by atoms with E-state index < -0.39 is 0 Å². The Bertz CT molecular complexity index is 769. The summed E-state index contributed by atoms with van der Waals surface area (Å²) < 4.78 is 14.0. The van der Waals surface area contributed by atoms with E-state index in [1.165, 1.54) is 12.1 Å². The predicted octanol–water partition coefficient (Wildman–Crippen LogP) is 3.84. The maximum Gasteiger partial charge on any atom is 0.229 e. The van der Waals surface area contributed by atoms with Crippen molar-refractivity contribution in [2.75, 3.05) is 23.7 Å². The molecular formula is C18H21BrFN5O. The fraction of sp³-hybridized carbons (Fsp3) is 0.389. The average Bonchev–Trinajstić information content (AvgIpc) is 2.55. The van der Waals surface area contributed by atoms with Crippen LogP contribution in [0.3, 0.4) is 0 Å². The predicted molar refractivity (Wildman–Crippen MR) is 103 cm³/mol. The summed E-state index contributed by atoms with van der Waals surface area (Å²) in [6.45, 7) is 1.30. The monoisotopic (exact) mass is 421 g/mol. The van der Waals surface area contributed by atoms with Crippen molar-refractivity contribution in [2.45, 2.75) is 25.7 Å². The molecule has 138 valence electrons. The molecule has 0 aliphatic heterocycles. The van der Waals surface area contributed by atoms with Crippen LogP contribution in [-0.4, -0.2) is 29.0 Å². The first-order valence-electron chi connectivity index (χ1n) is 8.68. The molecule has 0 atom stereocenters. The number of hydrogen-bond donors (Lipinski definition) is 3. The zero-order chi connectivity index (χ0) is 18.4. The van der Waals surface area contributed by atoms with Crippen molar-refractivity contribution < 1.29 is 9.18 Å². The van der Waals surface area contributed by atoms with Crippen LogP contribution in [0.5, 0.6) is 0 Å². The minimum Gasteiger partial charge on any atom is -0.369 e. The molecule has 2 aromatic rings. The van der Waals surface area contributed by atoms with Crippen molar-refractivity contribution in [1.82, 2.24) is 15.3 Å². The summed E-state index contributed by atoms with van der Waals surface area (Å²) in [4.78, 5) is 20.3. The van der Waals surface area contributed by atoms with Gasteiger partial charge in [0.25, 0.3) is 0 Å². The number of nitrogens with one attached hydrogen (secondary N) is 3. The number of halogens is 2. The second kappa shape index (κ2) is 8.93. The molecule has 1 saturated carbocycles. The van der Waals surface area contributed by atoms with Gasteiger partial charge in [-0.15, -0.1) is 0 Å². The highest BCUT2D eigenvalue weighted by Crippen LogP contribution is 2.26. The summed E-state index contributed by atoms with van der Waals surface area (Å²) in [5, 5.41) is 9.16. The lowest BCUT2D eigenvalue weighted by molar-refractivity contribution is -0.127. The zero-order valence-electron chi connectivity index (χ0n) is 14.3. The standard InChI is InChI=1S/C18H21BrFN5O/c19-15-11-23-18(24-14-7-2-6-13(20)10-14)25-16(15)21-8-3-9-22-17(26)12-4-1-5-12/h2,6-7,10-12H,1,3-5,8-9H2,(H,22,26)(H2,21,23,24,25). The first-order chi connectivity index (χ1) is 12.6. The lowest BCUT2D eigenvalue weighted by atomic mass is 9.85. The average molecular weight is 422 g/mol. The number of amides is 1. The molecular weight excluding hydrogens is 401 g/mol. The minimum atomic E-state index is -0.325. The van der Waals surface area contributed by atoms with E-state index in [0.29, 0.717) is 30.5 Å². The van der Waals surface area contributed by atoms with Crippen LogP contribution in [0.2, 0.25) is 0 Å². The third-order valence-corrected chi connectivity index (χ3v) is 4.83. The molecule has 1 aliphatic rings. The number of benzene rings is 1.